The molecule has 3 rings (SSSR count). The fourth-order valence-electron chi connectivity index (χ4n) is 3.22. The van der Waals surface area contributed by atoms with E-state index >= 15 is 0 Å². The predicted molar refractivity (Wildman–Crippen MR) is 123 cm³/mol. The molecule has 0 bridgehead atoms. The summed E-state index contributed by atoms with van der Waals surface area (Å²) in [6.07, 6.45) is -0.542. The monoisotopic (exact) mass is 424 g/mol. The summed E-state index contributed by atoms with van der Waals surface area (Å²) in [5.41, 5.74) is 3.61. The Morgan fingerprint density at radius 3 is 2.10 bits per heavy atom. The van der Waals surface area contributed by atoms with E-state index in [0.717, 1.165) is 30.4 Å². The van der Waals surface area contributed by atoms with Crippen molar-refractivity contribution < 1.29 is 9.84 Å². The highest BCUT2D eigenvalue weighted by atomic mass is 35.5. The van der Waals surface area contributed by atoms with Crippen molar-refractivity contribution in [1.29, 1.82) is 0 Å². The van der Waals surface area contributed by atoms with Crippen LogP contribution in [0.2, 0.25) is 5.02 Å². The van der Waals surface area contributed by atoms with Crippen molar-refractivity contribution in [2.75, 3.05) is 20.2 Å². The van der Waals surface area contributed by atoms with Gasteiger partial charge in [0.05, 0.1) is 0 Å². The summed E-state index contributed by atoms with van der Waals surface area (Å²) in [6.45, 7) is 3.19. The third-order valence-electron chi connectivity index (χ3n) is 4.75. The summed E-state index contributed by atoms with van der Waals surface area (Å²) in [5.74, 6) is 0.765. The average Bonchev–Trinajstić information content (AvgIpc) is 2.75. The molecule has 1 atom stereocenters. The number of hydrogen-bond acceptors (Lipinski definition) is 4. The van der Waals surface area contributed by atoms with Crippen LogP contribution in [-0.2, 0) is 19.6 Å². The molecule has 0 saturated carbocycles. The van der Waals surface area contributed by atoms with Crippen LogP contribution in [0.25, 0.3) is 0 Å². The first kappa shape index (κ1) is 22.3. The quantitative estimate of drug-likeness (QED) is 0.475. The van der Waals surface area contributed by atoms with Gasteiger partial charge in [0.2, 0.25) is 0 Å². The van der Waals surface area contributed by atoms with E-state index in [1.54, 1.807) is 0 Å². The van der Waals surface area contributed by atoms with E-state index < -0.39 is 6.10 Å². The maximum atomic E-state index is 10.3. The number of halogens is 1. The van der Waals surface area contributed by atoms with Gasteiger partial charge in [-0.3, -0.25) is 4.90 Å². The smallest absolute Gasteiger partial charge is 0.119 e. The molecule has 30 heavy (non-hydrogen) atoms. The fourth-order valence-corrected chi connectivity index (χ4v) is 3.35. The van der Waals surface area contributed by atoms with Crippen LogP contribution in [0.3, 0.4) is 0 Å². The molecule has 0 amide bonds. The van der Waals surface area contributed by atoms with Crippen molar-refractivity contribution in [2.24, 2.45) is 0 Å². The average molecular weight is 425 g/mol. The molecular formula is C25H29ClN2O2. The molecule has 3 aromatic rings. The number of hydrogen-bond donors (Lipinski definition) is 2. The van der Waals surface area contributed by atoms with Gasteiger partial charge in [-0.15, -0.1) is 0 Å². The topological polar surface area (TPSA) is 44.7 Å². The third-order valence-corrected chi connectivity index (χ3v) is 5.01. The van der Waals surface area contributed by atoms with Crippen molar-refractivity contribution in [3.05, 3.63) is 101 Å². The summed E-state index contributed by atoms with van der Waals surface area (Å²) in [6, 6.07) is 26.1. The number of rotatable bonds is 11. The van der Waals surface area contributed by atoms with Gasteiger partial charge in [0, 0.05) is 31.2 Å². The summed E-state index contributed by atoms with van der Waals surface area (Å²) < 4.78 is 5.75. The van der Waals surface area contributed by atoms with Crippen molar-refractivity contribution in [3.63, 3.8) is 0 Å². The normalized spacial score (nSPS) is 12.1. The van der Waals surface area contributed by atoms with Crippen molar-refractivity contribution in [3.8, 4) is 5.75 Å². The summed E-state index contributed by atoms with van der Waals surface area (Å²) in [4.78, 5) is 2.10. The van der Waals surface area contributed by atoms with Gasteiger partial charge >= 0.3 is 0 Å². The summed E-state index contributed by atoms with van der Waals surface area (Å²) >= 11 is 5.91. The molecule has 158 valence electrons. The Bertz CT molecular complexity index is 870. The molecular weight excluding hydrogens is 396 g/mol. The van der Waals surface area contributed by atoms with Crippen LogP contribution < -0.4 is 10.1 Å². The number of ether oxygens (including phenoxy) is 1. The first-order valence-electron chi connectivity index (χ1n) is 10.2. The van der Waals surface area contributed by atoms with Crippen molar-refractivity contribution >= 4 is 11.6 Å². The minimum absolute atomic E-state index is 0.271. The third kappa shape index (κ3) is 7.81. The second-order valence-corrected chi connectivity index (χ2v) is 7.96. The molecule has 0 saturated heterocycles. The Morgan fingerprint density at radius 1 is 0.867 bits per heavy atom. The van der Waals surface area contributed by atoms with Crippen LogP contribution in [0.15, 0.2) is 78.9 Å². The van der Waals surface area contributed by atoms with Crippen molar-refractivity contribution in [2.45, 2.75) is 25.7 Å². The van der Waals surface area contributed by atoms with E-state index in [2.05, 4.69) is 22.3 Å². The lowest BCUT2D eigenvalue weighted by Crippen LogP contribution is -2.32. The Balaban J connectivity index is 1.35. The minimum Gasteiger partial charge on any atom is -0.491 e. The second-order valence-electron chi connectivity index (χ2n) is 7.52. The van der Waals surface area contributed by atoms with Gasteiger partial charge in [0.15, 0.2) is 0 Å². The van der Waals surface area contributed by atoms with Crippen molar-refractivity contribution in [1.82, 2.24) is 10.2 Å². The molecule has 2 N–H and O–H groups in total. The number of likely N-dealkylation sites (N-methyl/N-ethyl adjacent to an activating group) is 1. The van der Waals surface area contributed by atoms with Crippen LogP contribution in [0.5, 0.6) is 5.75 Å². The van der Waals surface area contributed by atoms with Crippen LogP contribution in [0.4, 0.5) is 0 Å². The van der Waals surface area contributed by atoms with E-state index in [1.807, 2.05) is 73.8 Å². The van der Waals surface area contributed by atoms with Gasteiger partial charge in [-0.25, -0.2) is 0 Å². The number of aliphatic hydroxyl groups is 1. The number of nitrogens with one attached hydrogen (secondary N) is 1. The lowest BCUT2D eigenvalue weighted by Gasteiger charge is -2.21. The highest BCUT2D eigenvalue weighted by Crippen LogP contribution is 2.14. The molecule has 0 aliphatic heterocycles. The van der Waals surface area contributed by atoms with Gasteiger partial charge < -0.3 is 15.2 Å². The van der Waals surface area contributed by atoms with Gasteiger partial charge in [0.25, 0.3) is 0 Å². The molecule has 0 fully saturated rings. The van der Waals surface area contributed by atoms with Crippen LogP contribution >= 0.6 is 11.6 Å². The van der Waals surface area contributed by atoms with E-state index in [1.165, 1.54) is 16.7 Å². The minimum atomic E-state index is -0.542. The van der Waals surface area contributed by atoms with E-state index in [0.29, 0.717) is 6.54 Å². The molecule has 0 heterocycles. The molecule has 5 heteroatoms. The SMILES string of the molecule is CN(Cc1ccccc1)C[C@H](O)COc1ccc(CNCc2ccc(Cl)cc2)cc1. The maximum absolute atomic E-state index is 10.3. The lowest BCUT2D eigenvalue weighted by atomic mass is 10.2. The molecule has 4 nitrogen and oxygen atoms in total. The zero-order valence-corrected chi connectivity index (χ0v) is 18.1. The number of aliphatic hydroxyl groups excluding tert-OH is 1. The van der Waals surface area contributed by atoms with Gasteiger partial charge in [0.1, 0.15) is 18.5 Å². The van der Waals surface area contributed by atoms with Gasteiger partial charge in [-0.05, 0) is 48.0 Å². The lowest BCUT2D eigenvalue weighted by molar-refractivity contribution is 0.0744. The Kier molecular flexibility index (Phi) is 8.72. The largest absolute Gasteiger partial charge is 0.491 e. The number of nitrogens with zero attached hydrogens (tertiary/aromatic N) is 1. The van der Waals surface area contributed by atoms with Crippen LogP contribution in [0, 0.1) is 0 Å². The van der Waals surface area contributed by atoms with E-state index in [-0.39, 0.29) is 6.61 Å². The molecule has 0 aliphatic rings. The standard InChI is InChI=1S/C25H29ClN2O2/c1-28(17-22-5-3-2-4-6-22)18-24(29)19-30-25-13-9-21(10-14-25)16-27-15-20-7-11-23(26)12-8-20/h2-14,24,27,29H,15-19H2,1H3/t24-/m0/s1. The second kappa shape index (κ2) is 11.7. The zero-order valence-electron chi connectivity index (χ0n) is 17.3. The molecule has 0 unspecified atom stereocenters. The van der Waals surface area contributed by atoms with Gasteiger partial charge in [-0.2, -0.15) is 0 Å². The maximum Gasteiger partial charge on any atom is 0.119 e. The van der Waals surface area contributed by atoms with E-state index in [9.17, 15) is 5.11 Å². The fraction of sp³-hybridized carbons (Fsp3) is 0.280. The first-order valence-corrected chi connectivity index (χ1v) is 10.5. The number of benzene rings is 3. The Hall–Kier alpha value is -2.37. The zero-order chi connectivity index (χ0) is 21.2. The van der Waals surface area contributed by atoms with Crippen LogP contribution in [-0.4, -0.2) is 36.3 Å². The highest BCUT2D eigenvalue weighted by Gasteiger charge is 2.10. The Morgan fingerprint density at radius 2 is 1.47 bits per heavy atom. The molecule has 0 radical (unpaired) electrons. The summed E-state index contributed by atoms with van der Waals surface area (Å²) in [7, 11) is 2.00. The van der Waals surface area contributed by atoms with E-state index in [4.69, 9.17) is 16.3 Å². The Labute approximate surface area is 184 Å². The first-order chi connectivity index (χ1) is 14.6. The molecule has 0 aliphatic carbocycles. The van der Waals surface area contributed by atoms with Crippen LogP contribution in [0.1, 0.15) is 16.7 Å². The summed E-state index contributed by atoms with van der Waals surface area (Å²) in [5, 5.41) is 14.4. The predicted octanol–water partition coefficient (Wildman–Crippen LogP) is 4.50. The highest BCUT2D eigenvalue weighted by molar-refractivity contribution is 6.30. The molecule has 0 spiro atoms. The molecule has 0 aromatic heterocycles. The molecule has 3 aromatic carbocycles. The van der Waals surface area contributed by atoms with Gasteiger partial charge in [-0.1, -0.05) is 66.2 Å².